The van der Waals surface area contributed by atoms with E-state index >= 15 is 0 Å². The Labute approximate surface area is 101 Å². The normalized spacial score (nSPS) is 14.6. The van der Waals surface area contributed by atoms with Crippen molar-refractivity contribution in [2.24, 2.45) is 0 Å². The molecule has 1 aliphatic heterocycles. The van der Waals surface area contributed by atoms with E-state index in [0.29, 0.717) is 0 Å². The van der Waals surface area contributed by atoms with Gasteiger partial charge in [-0.15, -0.1) is 0 Å². The van der Waals surface area contributed by atoms with Gasteiger partial charge in [0.1, 0.15) is 5.82 Å². The number of aromatic nitrogens is 2. The molecule has 0 amide bonds. The molecule has 3 heteroatoms. The molecule has 2 aromatic rings. The highest BCUT2D eigenvalue weighted by Crippen LogP contribution is 2.24. The van der Waals surface area contributed by atoms with Gasteiger partial charge in [-0.25, -0.2) is 4.98 Å². The van der Waals surface area contributed by atoms with Crippen LogP contribution in [0.2, 0.25) is 0 Å². The summed E-state index contributed by atoms with van der Waals surface area (Å²) in [4.78, 5) is 4.79. The summed E-state index contributed by atoms with van der Waals surface area (Å²) in [6.07, 6.45) is 1.09. The lowest BCUT2D eigenvalue weighted by Gasteiger charge is -2.14. The van der Waals surface area contributed by atoms with E-state index < -0.39 is 0 Å². The molecule has 0 unspecified atom stereocenters. The molecule has 2 heterocycles. The smallest absolute Gasteiger partial charge is 0.140 e. The average Bonchev–Trinajstić information content (AvgIpc) is 2.78. The lowest BCUT2D eigenvalue weighted by atomic mass is 10.2. The van der Waals surface area contributed by atoms with Crippen molar-refractivity contribution >= 4 is 0 Å². The number of nitrogens with one attached hydrogen (secondary N) is 1. The molecule has 0 saturated heterocycles. The zero-order chi connectivity index (χ0) is 11.7. The monoisotopic (exact) mass is 227 g/mol. The van der Waals surface area contributed by atoms with Crippen molar-refractivity contribution in [2.45, 2.75) is 26.4 Å². The van der Waals surface area contributed by atoms with Crippen LogP contribution in [0.1, 0.15) is 18.3 Å². The first-order valence-electron chi connectivity index (χ1n) is 6.24. The Balaban J connectivity index is 2.14. The van der Waals surface area contributed by atoms with Crippen LogP contribution in [0.15, 0.2) is 30.3 Å². The van der Waals surface area contributed by atoms with E-state index in [0.717, 1.165) is 31.9 Å². The van der Waals surface area contributed by atoms with E-state index in [4.69, 9.17) is 4.98 Å². The quantitative estimate of drug-likeness (QED) is 0.852. The van der Waals surface area contributed by atoms with Crippen LogP contribution in [0.25, 0.3) is 11.4 Å². The SMILES string of the molecule is CCn1c(-c2ccccc2)nc2c1CCNC2. The molecular formula is C14H17N3. The molecule has 0 bridgehead atoms. The predicted molar refractivity (Wildman–Crippen MR) is 68.7 cm³/mol. The van der Waals surface area contributed by atoms with Gasteiger partial charge in [0.15, 0.2) is 0 Å². The fourth-order valence-electron chi connectivity index (χ4n) is 2.52. The zero-order valence-electron chi connectivity index (χ0n) is 10.1. The summed E-state index contributed by atoms with van der Waals surface area (Å²) in [5.74, 6) is 1.11. The van der Waals surface area contributed by atoms with Crippen molar-refractivity contribution < 1.29 is 0 Å². The maximum Gasteiger partial charge on any atom is 0.140 e. The van der Waals surface area contributed by atoms with Gasteiger partial charge in [0, 0.05) is 37.3 Å². The third-order valence-electron chi connectivity index (χ3n) is 3.33. The molecule has 3 nitrogen and oxygen atoms in total. The fraction of sp³-hybridized carbons (Fsp3) is 0.357. The molecular weight excluding hydrogens is 210 g/mol. The summed E-state index contributed by atoms with van der Waals surface area (Å²) in [7, 11) is 0. The van der Waals surface area contributed by atoms with Gasteiger partial charge in [0.05, 0.1) is 5.69 Å². The van der Waals surface area contributed by atoms with Gasteiger partial charge in [-0.05, 0) is 6.92 Å². The Bertz CT molecular complexity index is 514. The molecule has 1 aromatic heterocycles. The Hall–Kier alpha value is -1.61. The van der Waals surface area contributed by atoms with Crippen LogP contribution in [-0.2, 0) is 19.5 Å². The average molecular weight is 227 g/mol. The molecule has 1 N–H and O–H groups in total. The number of rotatable bonds is 2. The number of imidazole rings is 1. The third-order valence-corrected chi connectivity index (χ3v) is 3.33. The van der Waals surface area contributed by atoms with Gasteiger partial charge in [-0.2, -0.15) is 0 Å². The summed E-state index contributed by atoms with van der Waals surface area (Å²) < 4.78 is 2.35. The first-order chi connectivity index (χ1) is 8.40. The van der Waals surface area contributed by atoms with Gasteiger partial charge < -0.3 is 9.88 Å². The second kappa shape index (κ2) is 4.34. The highest BCUT2D eigenvalue weighted by molar-refractivity contribution is 5.57. The molecule has 0 fully saturated rings. The van der Waals surface area contributed by atoms with Gasteiger partial charge in [-0.3, -0.25) is 0 Å². The van der Waals surface area contributed by atoms with E-state index in [-0.39, 0.29) is 0 Å². The van der Waals surface area contributed by atoms with Crippen LogP contribution in [0.5, 0.6) is 0 Å². The van der Waals surface area contributed by atoms with Crippen LogP contribution < -0.4 is 5.32 Å². The van der Waals surface area contributed by atoms with Gasteiger partial charge in [0.2, 0.25) is 0 Å². The van der Waals surface area contributed by atoms with Crippen molar-refractivity contribution in [2.75, 3.05) is 6.54 Å². The molecule has 1 aromatic carbocycles. The second-order valence-electron chi connectivity index (χ2n) is 4.37. The summed E-state index contributed by atoms with van der Waals surface area (Å²) in [6.45, 7) is 5.15. The highest BCUT2D eigenvalue weighted by atomic mass is 15.1. The van der Waals surface area contributed by atoms with Crippen LogP contribution in [0.3, 0.4) is 0 Å². The zero-order valence-corrected chi connectivity index (χ0v) is 10.1. The second-order valence-corrected chi connectivity index (χ2v) is 4.37. The minimum absolute atomic E-state index is 0.905. The molecule has 1 aliphatic rings. The minimum Gasteiger partial charge on any atom is -0.328 e. The fourth-order valence-corrected chi connectivity index (χ4v) is 2.52. The van der Waals surface area contributed by atoms with Crippen molar-refractivity contribution in [3.63, 3.8) is 0 Å². The van der Waals surface area contributed by atoms with Crippen molar-refractivity contribution in [1.29, 1.82) is 0 Å². The van der Waals surface area contributed by atoms with E-state index in [9.17, 15) is 0 Å². The lowest BCUT2D eigenvalue weighted by molar-refractivity contribution is 0.598. The van der Waals surface area contributed by atoms with Gasteiger partial charge in [-0.1, -0.05) is 30.3 Å². The Morgan fingerprint density at radius 2 is 2.12 bits per heavy atom. The first-order valence-corrected chi connectivity index (χ1v) is 6.24. The van der Waals surface area contributed by atoms with Crippen molar-refractivity contribution in [3.8, 4) is 11.4 Å². The molecule has 0 saturated carbocycles. The lowest BCUT2D eigenvalue weighted by Crippen LogP contribution is -2.24. The number of fused-ring (bicyclic) bond motifs is 1. The predicted octanol–water partition coefficient (Wildman–Crippen LogP) is 2.22. The molecule has 3 rings (SSSR count). The Kier molecular flexibility index (Phi) is 2.69. The van der Waals surface area contributed by atoms with Crippen molar-refractivity contribution in [3.05, 3.63) is 41.7 Å². The highest BCUT2D eigenvalue weighted by Gasteiger charge is 2.19. The minimum atomic E-state index is 0.905. The van der Waals surface area contributed by atoms with Crippen LogP contribution >= 0.6 is 0 Å². The Morgan fingerprint density at radius 1 is 1.29 bits per heavy atom. The summed E-state index contributed by atoms with van der Waals surface area (Å²) in [5.41, 5.74) is 3.84. The van der Waals surface area contributed by atoms with Crippen LogP contribution in [0.4, 0.5) is 0 Å². The van der Waals surface area contributed by atoms with Crippen LogP contribution in [0, 0.1) is 0 Å². The van der Waals surface area contributed by atoms with Crippen LogP contribution in [-0.4, -0.2) is 16.1 Å². The van der Waals surface area contributed by atoms with E-state index in [1.165, 1.54) is 17.0 Å². The number of hydrogen-bond donors (Lipinski definition) is 1. The molecule has 0 aliphatic carbocycles. The van der Waals surface area contributed by atoms with Gasteiger partial charge in [0.25, 0.3) is 0 Å². The summed E-state index contributed by atoms with van der Waals surface area (Å²) in [5, 5.41) is 3.38. The topological polar surface area (TPSA) is 29.9 Å². The molecule has 88 valence electrons. The van der Waals surface area contributed by atoms with E-state index in [1.807, 2.05) is 6.07 Å². The standard InChI is InChI=1S/C14H17N3/c1-2-17-13-8-9-15-10-12(13)16-14(17)11-6-4-3-5-7-11/h3-7,15H,2,8-10H2,1H3. The van der Waals surface area contributed by atoms with E-state index in [1.54, 1.807) is 0 Å². The third kappa shape index (κ3) is 1.76. The number of benzene rings is 1. The number of nitrogens with zero attached hydrogens (tertiary/aromatic N) is 2. The summed E-state index contributed by atoms with van der Waals surface area (Å²) in [6, 6.07) is 10.5. The number of hydrogen-bond acceptors (Lipinski definition) is 2. The largest absolute Gasteiger partial charge is 0.328 e. The van der Waals surface area contributed by atoms with Gasteiger partial charge >= 0.3 is 0 Å². The Morgan fingerprint density at radius 3 is 2.88 bits per heavy atom. The summed E-state index contributed by atoms with van der Waals surface area (Å²) >= 11 is 0. The van der Waals surface area contributed by atoms with E-state index in [2.05, 4.69) is 41.1 Å². The maximum absolute atomic E-state index is 4.79. The first kappa shape index (κ1) is 10.5. The van der Waals surface area contributed by atoms with Crippen molar-refractivity contribution in [1.82, 2.24) is 14.9 Å². The maximum atomic E-state index is 4.79. The molecule has 0 atom stereocenters. The molecule has 17 heavy (non-hydrogen) atoms. The molecule has 0 radical (unpaired) electrons. The molecule has 0 spiro atoms.